The topological polar surface area (TPSA) is 144 Å². The van der Waals surface area contributed by atoms with Crippen LogP contribution in [0, 0.1) is 0 Å². The monoisotopic (exact) mass is 388 g/mol. The van der Waals surface area contributed by atoms with Crippen LogP contribution in [-0.2, 0) is 16.6 Å². The van der Waals surface area contributed by atoms with E-state index in [1.54, 1.807) is 18.2 Å². The minimum Gasteiger partial charge on any atom is -0.495 e. The van der Waals surface area contributed by atoms with Crippen LogP contribution in [0.4, 0.5) is 5.69 Å². The van der Waals surface area contributed by atoms with Crippen LogP contribution in [0.2, 0.25) is 0 Å². The van der Waals surface area contributed by atoms with Gasteiger partial charge < -0.3 is 15.2 Å². The third kappa shape index (κ3) is 3.96. The van der Waals surface area contributed by atoms with Gasteiger partial charge in [0.05, 0.1) is 23.9 Å². The number of carboxylic acids is 1. The van der Waals surface area contributed by atoms with Crippen molar-refractivity contribution in [3.63, 3.8) is 0 Å². The number of carboxylic acid groups (broad SMARTS) is 1. The molecule has 0 spiro atoms. The van der Waals surface area contributed by atoms with E-state index in [0.29, 0.717) is 22.5 Å². The van der Waals surface area contributed by atoms with Crippen molar-refractivity contribution in [3.8, 4) is 5.75 Å². The summed E-state index contributed by atoms with van der Waals surface area (Å²) in [4.78, 5) is 19.8. The number of methoxy groups -OCH3 is 1. The van der Waals surface area contributed by atoms with E-state index in [9.17, 15) is 18.3 Å². The molecule has 27 heavy (non-hydrogen) atoms. The predicted molar refractivity (Wildman–Crippen MR) is 98.2 cm³/mol. The van der Waals surface area contributed by atoms with Gasteiger partial charge in [-0.25, -0.2) is 28.3 Å². The Hall–Kier alpha value is -3.24. The van der Waals surface area contributed by atoms with Crippen LogP contribution in [0.5, 0.6) is 5.75 Å². The molecule has 9 nitrogen and oxygen atoms in total. The second-order valence-corrected chi connectivity index (χ2v) is 7.20. The van der Waals surface area contributed by atoms with E-state index >= 15 is 0 Å². The molecule has 0 aliphatic heterocycles. The minimum absolute atomic E-state index is 0.000715. The summed E-state index contributed by atoms with van der Waals surface area (Å²) in [5.41, 5.74) is 1.43. The number of aromatic carboxylic acids is 1. The number of aromatic nitrogens is 2. The maximum Gasteiger partial charge on any atom is 0.339 e. The summed E-state index contributed by atoms with van der Waals surface area (Å²) in [6.07, 6.45) is 2.72. The zero-order valence-corrected chi connectivity index (χ0v) is 15.0. The second-order valence-electron chi connectivity index (χ2n) is 5.64. The third-order valence-corrected chi connectivity index (χ3v) is 4.81. The van der Waals surface area contributed by atoms with Crippen LogP contribution in [0.15, 0.2) is 47.6 Å². The fourth-order valence-electron chi connectivity index (χ4n) is 2.51. The van der Waals surface area contributed by atoms with Gasteiger partial charge in [-0.2, -0.15) is 0 Å². The van der Waals surface area contributed by atoms with Crippen LogP contribution < -0.4 is 15.2 Å². The standard InChI is InChI=1S/C17H16N4O5S/c1-26-11-6-13-15(14(17(22)23)9-21-16(13)20-8-11)19-7-10-2-4-12(5-3-10)27(18,24)25/h2-6,8-9H,7H2,1H3,(H,22,23)(H2,18,24,25)(H,19,20,21). The number of anilines is 1. The molecule has 0 aliphatic rings. The summed E-state index contributed by atoms with van der Waals surface area (Å²) in [6, 6.07) is 7.61. The number of carbonyl (C=O) groups is 1. The number of pyridine rings is 2. The molecule has 0 radical (unpaired) electrons. The molecule has 0 atom stereocenters. The molecule has 2 aromatic heterocycles. The molecule has 0 bridgehead atoms. The Bertz CT molecular complexity index is 1110. The van der Waals surface area contributed by atoms with Crippen molar-refractivity contribution in [2.24, 2.45) is 5.14 Å². The summed E-state index contributed by atoms with van der Waals surface area (Å²) < 4.78 is 27.8. The summed E-state index contributed by atoms with van der Waals surface area (Å²) >= 11 is 0. The van der Waals surface area contributed by atoms with Crippen molar-refractivity contribution in [3.05, 3.63) is 53.9 Å². The third-order valence-electron chi connectivity index (χ3n) is 3.88. The highest BCUT2D eigenvalue weighted by molar-refractivity contribution is 7.89. The maximum atomic E-state index is 11.6. The summed E-state index contributed by atoms with van der Waals surface area (Å²) in [5.74, 6) is -0.674. The Labute approximate surface area is 154 Å². The molecule has 3 aromatic rings. The molecule has 0 fully saturated rings. The lowest BCUT2D eigenvalue weighted by Gasteiger charge is -2.13. The van der Waals surface area contributed by atoms with Crippen molar-refractivity contribution in [1.82, 2.24) is 9.97 Å². The zero-order valence-electron chi connectivity index (χ0n) is 14.2. The predicted octanol–water partition coefficient (Wildman–Crippen LogP) is 1.60. The molecule has 0 saturated carbocycles. The highest BCUT2D eigenvalue weighted by Gasteiger charge is 2.16. The molecule has 140 valence electrons. The number of nitrogens with one attached hydrogen (secondary N) is 1. The van der Waals surface area contributed by atoms with E-state index in [1.807, 2.05) is 0 Å². The van der Waals surface area contributed by atoms with Crippen molar-refractivity contribution in [2.45, 2.75) is 11.4 Å². The van der Waals surface area contributed by atoms with Crippen molar-refractivity contribution >= 4 is 32.7 Å². The number of rotatable bonds is 6. The first-order chi connectivity index (χ1) is 12.8. The highest BCUT2D eigenvalue weighted by atomic mass is 32.2. The smallest absolute Gasteiger partial charge is 0.339 e. The molecule has 0 amide bonds. The first-order valence-corrected chi connectivity index (χ1v) is 9.26. The molecule has 10 heteroatoms. The van der Waals surface area contributed by atoms with Gasteiger partial charge in [0.15, 0.2) is 5.65 Å². The fourth-order valence-corrected chi connectivity index (χ4v) is 3.03. The van der Waals surface area contributed by atoms with Crippen LogP contribution in [0.3, 0.4) is 0 Å². The SMILES string of the molecule is COc1cnc2ncc(C(=O)O)c(NCc3ccc(S(N)(=O)=O)cc3)c2c1. The summed E-state index contributed by atoms with van der Waals surface area (Å²) in [7, 11) is -2.29. The van der Waals surface area contributed by atoms with Gasteiger partial charge >= 0.3 is 5.97 Å². The van der Waals surface area contributed by atoms with Crippen LogP contribution in [0.1, 0.15) is 15.9 Å². The number of hydrogen-bond donors (Lipinski definition) is 3. The van der Waals surface area contributed by atoms with Gasteiger partial charge in [-0.15, -0.1) is 0 Å². The lowest BCUT2D eigenvalue weighted by molar-refractivity contribution is 0.0697. The van der Waals surface area contributed by atoms with Gasteiger partial charge in [-0.3, -0.25) is 0 Å². The second kappa shape index (κ2) is 7.17. The maximum absolute atomic E-state index is 11.6. The number of benzene rings is 1. The van der Waals surface area contributed by atoms with E-state index in [-0.39, 0.29) is 17.0 Å². The summed E-state index contributed by atoms with van der Waals surface area (Å²) in [5, 5.41) is 18.1. The Morgan fingerprint density at radius 2 is 1.89 bits per heavy atom. The van der Waals surface area contributed by atoms with Gasteiger partial charge in [0.25, 0.3) is 0 Å². The Morgan fingerprint density at radius 3 is 2.48 bits per heavy atom. The van der Waals surface area contributed by atoms with Crippen LogP contribution >= 0.6 is 0 Å². The Balaban J connectivity index is 1.97. The van der Waals surface area contributed by atoms with Gasteiger partial charge in [0, 0.05) is 18.1 Å². The highest BCUT2D eigenvalue weighted by Crippen LogP contribution is 2.28. The molecule has 3 rings (SSSR count). The number of hydrogen-bond acceptors (Lipinski definition) is 7. The first-order valence-electron chi connectivity index (χ1n) is 7.71. The average Bonchev–Trinajstić information content (AvgIpc) is 2.64. The normalized spacial score (nSPS) is 11.3. The number of primary sulfonamides is 1. The number of fused-ring (bicyclic) bond motifs is 1. The number of sulfonamides is 1. The fraction of sp³-hybridized carbons (Fsp3) is 0.118. The van der Waals surface area contributed by atoms with Crippen molar-refractivity contribution in [2.75, 3.05) is 12.4 Å². The van der Waals surface area contributed by atoms with Gasteiger partial charge in [-0.1, -0.05) is 12.1 Å². The van der Waals surface area contributed by atoms with Crippen molar-refractivity contribution < 1.29 is 23.1 Å². The van der Waals surface area contributed by atoms with Gasteiger partial charge in [0.1, 0.15) is 11.3 Å². The molecule has 0 aliphatic carbocycles. The Kier molecular flexibility index (Phi) is 4.93. The average molecular weight is 388 g/mol. The van der Waals surface area contributed by atoms with E-state index in [2.05, 4.69) is 15.3 Å². The van der Waals surface area contributed by atoms with Gasteiger partial charge in [-0.05, 0) is 23.8 Å². The van der Waals surface area contributed by atoms with E-state index in [0.717, 1.165) is 5.56 Å². The molecular weight excluding hydrogens is 372 g/mol. The van der Waals surface area contributed by atoms with E-state index in [1.165, 1.54) is 31.6 Å². The van der Waals surface area contributed by atoms with Crippen molar-refractivity contribution in [1.29, 1.82) is 0 Å². The lowest BCUT2D eigenvalue weighted by Crippen LogP contribution is -2.12. The van der Waals surface area contributed by atoms with Crippen LogP contribution in [-0.4, -0.2) is 36.6 Å². The van der Waals surface area contributed by atoms with E-state index < -0.39 is 16.0 Å². The number of nitrogens with two attached hydrogens (primary N) is 1. The molecule has 0 saturated heterocycles. The molecule has 2 heterocycles. The molecule has 0 unspecified atom stereocenters. The Morgan fingerprint density at radius 1 is 1.22 bits per heavy atom. The first kappa shape index (κ1) is 18.5. The van der Waals surface area contributed by atoms with Gasteiger partial charge in [0.2, 0.25) is 10.0 Å². The molecule has 1 aromatic carbocycles. The number of ether oxygens (including phenoxy) is 1. The molecular formula is C17H16N4O5S. The van der Waals surface area contributed by atoms with Crippen LogP contribution in [0.25, 0.3) is 11.0 Å². The number of nitrogens with zero attached hydrogens (tertiary/aromatic N) is 2. The summed E-state index contributed by atoms with van der Waals surface area (Å²) in [6.45, 7) is 0.251. The molecule has 4 N–H and O–H groups in total. The van der Waals surface area contributed by atoms with E-state index in [4.69, 9.17) is 9.88 Å². The minimum atomic E-state index is -3.77. The largest absolute Gasteiger partial charge is 0.495 e. The zero-order chi connectivity index (χ0) is 19.6. The quantitative estimate of drug-likeness (QED) is 0.577. The lowest BCUT2D eigenvalue weighted by atomic mass is 10.1.